The molecule has 11 heteroatoms. The monoisotopic (exact) mass is 551 g/mol. The second kappa shape index (κ2) is 12.4. The van der Waals surface area contributed by atoms with Gasteiger partial charge in [0.2, 0.25) is 5.91 Å². The maximum absolute atomic E-state index is 11.8. The van der Waals surface area contributed by atoms with Crippen molar-refractivity contribution >= 4 is 33.5 Å². The van der Waals surface area contributed by atoms with Crippen molar-refractivity contribution in [3.63, 3.8) is 0 Å². The fraction of sp³-hybridized carbons (Fsp3) is 0.464. The van der Waals surface area contributed by atoms with Gasteiger partial charge in [-0.3, -0.25) is 10.2 Å². The van der Waals surface area contributed by atoms with Gasteiger partial charge >= 0.3 is 0 Å². The highest BCUT2D eigenvalue weighted by atomic mass is 32.2. The van der Waals surface area contributed by atoms with Crippen molar-refractivity contribution in [1.82, 2.24) is 15.1 Å². The molecule has 0 atom stereocenters. The molecule has 1 amide bonds. The van der Waals surface area contributed by atoms with E-state index >= 15 is 0 Å². The number of amides is 1. The molecule has 2 aliphatic carbocycles. The molecule has 0 unspecified atom stereocenters. The van der Waals surface area contributed by atoms with E-state index < -0.39 is 15.4 Å². The van der Waals surface area contributed by atoms with Gasteiger partial charge in [-0.15, -0.1) is 0 Å². The quantitative estimate of drug-likeness (QED) is 0.366. The van der Waals surface area contributed by atoms with Crippen LogP contribution < -0.4 is 10.2 Å². The molecule has 39 heavy (non-hydrogen) atoms. The number of rotatable bonds is 6. The zero-order chi connectivity index (χ0) is 27.9. The Bertz CT molecular complexity index is 1360. The highest BCUT2D eigenvalue weighted by Gasteiger charge is 2.45. The summed E-state index contributed by atoms with van der Waals surface area (Å²) in [6, 6.07) is 10.1. The SMILES string of the molecule is N#CC1(NC(=O)C2CCCCC2)CC1.N=C/C=C\C(=N)n1cc(-c2ccc(N3CCS(=O)(=O)CC3)cc2)cn1.[HH]. The maximum Gasteiger partial charge on any atom is 0.224 e. The van der Waals surface area contributed by atoms with Crippen molar-refractivity contribution in [3.05, 3.63) is 48.8 Å². The van der Waals surface area contributed by atoms with Gasteiger partial charge in [0.05, 0.1) is 23.8 Å². The molecular formula is C28H37N7O3S. The topological polar surface area (TPSA) is 156 Å². The molecule has 3 fully saturated rings. The fourth-order valence-electron chi connectivity index (χ4n) is 4.75. The van der Waals surface area contributed by atoms with Gasteiger partial charge < -0.3 is 15.6 Å². The van der Waals surface area contributed by atoms with Gasteiger partial charge in [0.1, 0.15) is 11.4 Å². The molecule has 0 bridgehead atoms. The van der Waals surface area contributed by atoms with Crippen LogP contribution in [0, 0.1) is 28.1 Å². The summed E-state index contributed by atoms with van der Waals surface area (Å²) in [5, 5.41) is 30.7. The number of nitrogens with zero attached hydrogens (tertiary/aromatic N) is 4. The Morgan fingerprint density at radius 2 is 1.79 bits per heavy atom. The summed E-state index contributed by atoms with van der Waals surface area (Å²) in [7, 11) is -2.88. The second-order valence-electron chi connectivity index (χ2n) is 10.3. The first-order valence-corrected chi connectivity index (χ1v) is 15.2. The van der Waals surface area contributed by atoms with E-state index in [0.717, 1.165) is 61.6 Å². The first kappa shape index (κ1) is 28.2. The Balaban J connectivity index is 0.000000250. The van der Waals surface area contributed by atoms with Crippen molar-refractivity contribution < 1.29 is 14.6 Å². The highest BCUT2D eigenvalue weighted by Crippen LogP contribution is 2.35. The minimum absolute atomic E-state index is 0. The van der Waals surface area contributed by atoms with Crippen LogP contribution in [0.5, 0.6) is 0 Å². The molecular weight excluding hydrogens is 514 g/mol. The number of benzene rings is 1. The van der Waals surface area contributed by atoms with Gasteiger partial charge in [0.15, 0.2) is 9.84 Å². The minimum atomic E-state index is -2.88. The highest BCUT2D eigenvalue weighted by molar-refractivity contribution is 7.91. The molecule has 3 aliphatic rings. The number of anilines is 1. The number of nitrogens with one attached hydrogen (secondary N) is 3. The second-order valence-corrected chi connectivity index (χ2v) is 12.6. The van der Waals surface area contributed by atoms with Gasteiger partial charge in [-0.1, -0.05) is 31.4 Å². The Kier molecular flexibility index (Phi) is 8.97. The first-order chi connectivity index (χ1) is 18.7. The standard InChI is InChI=1S/C17H19N5O2S.C11H16N2O.H2/c18-7-1-2-17(19)22-13-15(12-20-22)14-3-5-16(6-4-14)21-8-10-25(23,24)11-9-21;12-8-11(6-7-11)13-10(14)9-4-2-1-3-5-9;/h1-7,12-13,18-19H,8-11H2;9H,1-7H2,(H,13,14);1H/b2-1-,18-7?,19-17?;;. The molecule has 1 aromatic heterocycles. The third-order valence-corrected chi connectivity index (χ3v) is 9.00. The van der Waals surface area contributed by atoms with Crippen molar-refractivity contribution in [1.29, 1.82) is 16.1 Å². The molecule has 3 N–H and O–H groups in total. The number of nitriles is 1. The van der Waals surface area contributed by atoms with Gasteiger partial charge in [0, 0.05) is 44.1 Å². The van der Waals surface area contributed by atoms with Crippen LogP contribution in [0.25, 0.3) is 11.1 Å². The number of aromatic nitrogens is 2. The molecule has 1 aliphatic heterocycles. The average Bonchev–Trinajstić information content (AvgIpc) is 3.55. The van der Waals surface area contributed by atoms with E-state index in [1.807, 2.05) is 24.3 Å². The Labute approximate surface area is 231 Å². The fourth-order valence-corrected chi connectivity index (χ4v) is 5.95. The van der Waals surface area contributed by atoms with Crippen molar-refractivity contribution in [3.8, 4) is 17.2 Å². The third kappa shape index (κ3) is 7.63. The first-order valence-electron chi connectivity index (χ1n) is 13.3. The molecule has 10 nitrogen and oxygen atoms in total. The van der Waals surface area contributed by atoms with Crippen molar-refractivity contribution in [2.24, 2.45) is 5.92 Å². The summed E-state index contributed by atoms with van der Waals surface area (Å²) >= 11 is 0. The van der Waals surface area contributed by atoms with E-state index in [0.29, 0.717) is 13.1 Å². The van der Waals surface area contributed by atoms with Gasteiger partial charge in [-0.05, 0) is 55.5 Å². The van der Waals surface area contributed by atoms with Crippen LogP contribution >= 0.6 is 0 Å². The molecule has 5 rings (SSSR count). The van der Waals surface area contributed by atoms with Crippen LogP contribution in [0.3, 0.4) is 0 Å². The van der Waals surface area contributed by atoms with E-state index in [-0.39, 0.29) is 30.6 Å². The predicted molar refractivity (Wildman–Crippen MR) is 154 cm³/mol. The molecule has 0 spiro atoms. The molecule has 2 heterocycles. The summed E-state index contributed by atoms with van der Waals surface area (Å²) in [5.74, 6) is 0.874. The lowest BCUT2D eigenvalue weighted by atomic mass is 9.88. The normalized spacial score (nSPS) is 19.8. The minimum Gasteiger partial charge on any atom is -0.369 e. The summed E-state index contributed by atoms with van der Waals surface area (Å²) in [6.07, 6.45) is 14.8. The number of carbonyl (C=O) groups is 1. The lowest BCUT2D eigenvalue weighted by Gasteiger charge is -2.28. The van der Waals surface area contributed by atoms with Crippen LogP contribution in [-0.2, 0) is 14.6 Å². The van der Waals surface area contributed by atoms with Crippen LogP contribution in [0.4, 0.5) is 5.69 Å². The smallest absolute Gasteiger partial charge is 0.224 e. The Morgan fingerprint density at radius 1 is 1.13 bits per heavy atom. The number of carbonyl (C=O) groups excluding carboxylic acids is 1. The molecule has 2 saturated carbocycles. The zero-order valence-corrected chi connectivity index (χ0v) is 22.8. The predicted octanol–water partition coefficient (Wildman–Crippen LogP) is 3.80. The van der Waals surface area contributed by atoms with E-state index in [9.17, 15) is 13.2 Å². The lowest BCUT2D eigenvalue weighted by molar-refractivity contribution is -0.126. The van der Waals surface area contributed by atoms with Crippen LogP contribution in [0.1, 0.15) is 46.4 Å². The Hall–Kier alpha value is -3.78. The Morgan fingerprint density at radius 3 is 2.38 bits per heavy atom. The van der Waals surface area contributed by atoms with Gasteiger partial charge in [0.25, 0.3) is 0 Å². The number of hydrogen-bond donors (Lipinski definition) is 3. The average molecular weight is 552 g/mol. The van der Waals surface area contributed by atoms with Crippen molar-refractivity contribution in [2.75, 3.05) is 29.5 Å². The van der Waals surface area contributed by atoms with E-state index in [1.54, 1.807) is 12.4 Å². The van der Waals surface area contributed by atoms with Crippen LogP contribution in [0.2, 0.25) is 0 Å². The van der Waals surface area contributed by atoms with Crippen molar-refractivity contribution in [2.45, 2.75) is 50.5 Å². The number of sulfone groups is 1. The molecule has 2 aromatic rings. The number of allylic oxidation sites excluding steroid dienone is 2. The van der Waals surface area contributed by atoms with Crippen LogP contribution in [0.15, 0.2) is 48.8 Å². The van der Waals surface area contributed by atoms with E-state index in [2.05, 4.69) is 21.4 Å². The summed E-state index contributed by atoms with van der Waals surface area (Å²) in [6.45, 7) is 1.05. The maximum atomic E-state index is 11.8. The van der Waals surface area contributed by atoms with E-state index in [1.165, 1.54) is 23.3 Å². The summed E-state index contributed by atoms with van der Waals surface area (Å²) in [5.41, 5.74) is 2.39. The number of hydrogen-bond acceptors (Lipinski definition) is 8. The molecule has 1 saturated heterocycles. The largest absolute Gasteiger partial charge is 0.369 e. The van der Waals surface area contributed by atoms with Crippen LogP contribution in [-0.4, -0.2) is 66.3 Å². The lowest BCUT2D eigenvalue weighted by Crippen LogP contribution is -2.40. The van der Waals surface area contributed by atoms with E-state index in [4.69, 9.17) is 16.1 Å². The summed E-state index contributed by atoms with van der Waals surface area (Å²) < 4.78 is 24.5. The molecule has 1 aromatic carbocycles. The molecule has 0 radical (unpaired) electrons. The summed E-state index contributed by atoms with van der Waals surface area (Å²) in [4.78, 5) is 13.8. The van der Waals surface area contributed by atoms with Gasteiger partial charge in [-0.2, -0.15) is 10.4 Å². The third-order valence-electron chi connectivity index (χ3n) is 7.39. The zero-order valence-electron chi connectivity index (χ0n) is 22.0. The molecule has 208 valence electrons. The van der Waals surface area contributed by atoms with Gasteiger partial charge in [-0.25, -0.2) is 13.1 Å².